The summed E-state index contributed by atoms with van der Waals surface area (Å²) < 4.78 is 34.9. The molecule has 0 saturated carbocycles. The molecule has 0 spiro atoms. The Morgan fingerprint density at radius 1 is 1.09 bits per heavy atom. The Morgan fingerprint density at radius 2 is 1.81 bits per heavy atom. The zero-order valence-corrected chi connectivity index (χ0v) is 19.2. The van der Waals surface area contributed by atoms with Gasteiger partial charge >= 0.3 is 5.97 Å². The van der Waals surface area contributed by atoms with Gasteiger partial charge in [0.25, 0.3) is 0 Å². The van der Waals surface area contributed by atoms with Crippen LogP contribution in [0.25, 0.3) is 0 Å². The lowest BCUT2D eigenvalue weighted by Crippen LogP contribution is -2.15. The highest BCUT2D eigenvalue weighted by Crippen LogP contribution is 2.23. The van der Waals surface area contributed by atoms with Crippen molar-refractivity contribution in [1.29, 1.82) is 0 Å². The molecule has 10 heteroatoms. The van der Waals surface area contributed by atoms with Crippen LogP contribution in [0.5, 0.6) is 5.75 Å². The highest BCUT2D eigenvalue weighted by atomic mass is 32.2. The zero-order chi connectivity index (χ0) is 23.1. The van der Waals surface area contributed by atoms with Gasteiger partial charge in [0.05, 0.1) is 41.1 Å². The molecule has 1 aromatic heterocycles. The Kier molecular flexibility index (Phi) is 7.60. The predicted molar refractivity (Wildman–Crippen MR) is 121 cm³/mol. The average molecular weight is 475 g/mol. The predicted octanol–water partition coefficient (Wildman–Crippen LogP) is 3.48. The standard InChI is InChI=1S/C22H22N2O6S2/c1-3-32(27,28)19-11-7-4-8-16(19)22(26)30-13-15-14-31-21(23-15)12-20(25)24-17-9-5-6-10-18(17)29-2/h4-11,14H,3,12-13H2,1-2H3,(H,24,25). The zero-order valence-electron chi connectivity index (χ0n) is 17.5. The van der Waals surface area contributed by atoms with Crippen LogP contribution in [0.4, 0.5) is 5.69 Å². The van der Waals surface area contributed by atoms with Crippen LogP contribution in [-0.4, -0.2) is 38.1 Å². The molecule has 1 amide bonds. The van der Waals surface area contributed by atoms with E-state index in [9.17, 15) is 18.0 Å². The van der Waals surface area contributed by atoms with Crippen molar-refractivity contribution in [2.45, 2.75) is 24.8 Å². The molecule has 0 fully saturated rings. The number of carbonyl (C=O) groups excluding carboxylic acids is 2. The third-order valence-electron chi connectivity index (χ3n) is 4.47. The maximum Gasteiger partial charge on any atom is 0.339 e. The number of para-hydroxylation sites is 2. The highest BCUT2D eigenvalue weighted by Gasteiger charge is 2.22. The van der Waals surface area contributed by atoms with Crippen molar-refractivity contribution in [3.63, 3.8) is 0 Å². The molecule has 8 nitrogen and oxygen atoms in total. The molecule has 0 aliphatic rings. The Balaban J connectivity index is 1.60. The topological polar surface area (TPSA) is 112 Å². The number of nitrogens with zero attached hydrogens (tertiary/aromatic N) is 1. The number of benzene rings is 2. The molecular formula is C22H22N2O6S2. The van der Waals surface area contributed by atoms with E-state index in [1.165, 1.54) is 37.5 Å². The van der Waals surface area contributed by atoms with Crippen molar-refractivity contribution in [1.82, 2.24) is 4.98 Å². The summed E-state index contributed by atoms with van der Waals surface area (Å²) in [4.78, 5) is 29.1. The van der Waals surface area contributed by atoms with Crippen molar-refractivity contribution in [3.8, 4) is 5.75 Å². The number of carbonyl (C=O) groups is 2. The molecule has 168 valence electrons. The first-order chi connectivity index (χ1) is 15.3. The largest absolute Gasteiger partial charge is 0.495 e. The first-order valence-corrected chi connectivity index (χ1v) is 12.2. The maximum absolute atomic E-state index is 12.5. The molecule has 3 aromatic rings. The molecule has 0 aliphatic carbocycles. The minimum Gasteiger partial charge on any atom is -0.495 e. The number of thiazole rings is 1. The molecular weight excluding hydrogens is 452 g/mol. The van der Waals surface area contributed by atoms with E-state index in [4.69, 9.17) is 9.47 Å². The maximum atomic E-state index is 12.5. The van der Waals surface area contributed by atoms with Gasteiger partial charge in [-0.3, -0.25) is 4.79 Å². The number of anilines is 1. The summed E-state index contributed by atoms with van der Waals surface area (Å²) in [6, 6.07) is 13.0. The van der Waals surface area contributed by atoms with Gasteiger partial charge in [-0.2, -0.15) is 0 Å². The quantitative estimate of drug-likeness (QED) is 0.473. The van der Waals surface area contributed by atoms with E-state index in [1.807, 2.05) is 0 Å². The molecule has 0 bridgehead atoms. The fourth-order valence-electron chi connectivity index (χ4n) is 2.86. The molecule has 32 heavy (non-hydrogen) atoms. The lowest BCUT2D eigenvalue weighted by molar-refractivity contribution is -0.115. The third-order valence-corrected chi connectivity index (χ3v) is 7.15. The lowest BCUT2D eigenvalue weighted by Gasteiger charge is -2.09. The van der Waals surface area contributed by atoms with E-state index in [-0.39, 0.29) is 35.1 Å². The van der Waals surface area contributed by atoms with E-state index in [1.54, 1.807) is 41.8 Å². The second-order valence-corrected chi connectivity index (χ2v) is 9.82. The van der Waals surface area contributed by atoms with Gasteiger partial charge < -0.3 is 14.8 Å². The molecule has 0 aliphatic heterocycles. The SMILES string of the molecule is CCS(=O)(=O)c1ccccc1C(=O)OCc1csc(CC(=O)Nc2ccccc2OC)n1. The van der Waals surface area contributed by atoms with Crippen molar-refractivity contribution in [3.05, 3.63) is 70.2 Å². The molecule has 3 rings (SSSR count). The van der Waals surface area contributed by atoms with E-state index in [2.05, 4.69) is 10.3 Å². The van der Waals surface area contributed by atoms with E-state index < -0.39 is 15.8 Å². The van der Waals surface area contributed by atoms with Gasteiger partial charge in [-0.1, -0.05) is 31.2 Å². The van der Waals surface area contributed by atoms with Crippen LogP contribution in [-0.2, 0) is 32.4 Å². The summed E-state index contributed by atoms with van der Waals surface area (Å²) >= 11 is 1.27. The summed E-state index contributed by atoms with van der Waals surface area (Å²) in [7, 11) is -2.04. The van der Waals surface area contributed by atoms with Gasteiger partial charge in [0, 0.05) is 5.38 Å². The van der Waals surface area contributed by atoms with Gasteiger partial charge in [-0.15, -0.1) is 11.3 Å². The van der Waals surface area contributed by atoms with Gasteiger partial charge in [0.1, 0.15) is 17.4 Å². The number of nitrogens with one attached hydrogen (secondary N) is 1. The monoisotopic (exact) mass is 474 g/mol. The Labute approximate surface area is 190 Å². The van der Waals surface area contributed by atoms with Gasteiger partial charge in [0.15, 0.2) is 9.84 Å². The summed E-state index contributed by atoms with van der Waals surface area (Å²) in [5, 5.41) is 5.02. The molecule has 0 saturated heterocycles. The molecule has 1 heterocycles. The Morgan fingerprint density at radius 3 is 2.56 bits per heavy atom. The molecule has 2 aromatic carbocycles. The first-order valence-electron chi connectivity index (χ1n) is 9.69. The van der Waals surface area contributed by atoms with Crippen LogP contribution < -0.4 is 10.1 Å². The lowest BCUT2D eigenvalue weighted by atomic mass is 10.2. The summed E-state index contributed by atoms with van der Waals surface area (Å²) in [5.74, 6) is -0.575. The fraction of sp³-hybridized carbons (Fsp3) is 0.227. The van der Waals surface area contributed by atoms with E-state index in [0.717, 1.165) is 0 Å². The van der Waals surface area contributed by atoms with Crippen LogP contribution >= 0.6 is 11.3 Å². The number of ether oxygens (including phenoxy) is 2. The second kappa shape index (κ2) is 10.4. The normalized spacial score (nSPS) is 11.1. The third kappa shape index (κ3) is 5.71. The van der Waals surface area contributed by atoms with Crippen molar-refractivity contribution in [2.24, 2.45) is 0 Å². The molecule has 0 radical (unpaired) electrons. The van der Waals surface area contributed by atoms with E-state index in [0.29, 0.717) is 22.1 Å². The van der Waals surface area contributed by atoms with Gasteiger partial charge in [0.2, 0.25) is 5.91 Å². The van der Waals surface area contributed by atoms with Crippen LogP contribution in [0.2, 0.25) is 0 Å². The van der Waals surface area contributed by atoms with Crippen LogP contribution in [0, 0.1) is 0 Å². The number of methoxy groups -OCH3 is 1. The molecule has 1 N–H and O–H groups in total. The minimum atomic E-state index is -3.56. The number of hydrogen-bond acceptors (Lipinski definition) is 8. The summed E-state index contributed by atoms with van der Waals surface area (Å²) in [6.45, 7) is 1.38. The van der Waals surface area contributed by atoms with Crippen molar-refractivity contribution < 1.29 is 27.5 Å². The van der Waals surface area contributed by atoms with Gasteiger partial charge in [-0.05, 0) is 24.3 Å². The van der Waals surface area contributed by atoms with Gasteiger partial charge in [-0.25, -0.2) is 18.2 Å². The highest BCUT2D eigenvalue weighted by molar-refractivity contribution is 7.91. The minimum absolute atomic E-state index is 0.0130. The average Bonchev–Trinajstić information content (AvgIpc) is 3.24. The Hall–Kier alpha value is -3.24. The molecule has 0 atom stereocenters. The van der Waals surface area contributed by atoms with Crippen LogP contribution in [0.1, 0.15) is 28.0 Å². The number of amides is 1. The molecule has 0 unspecified atom stereocenters. The second-order valence-electron chi connectivity index (χ2n) is 6.63. The Bertz CT molecular complexity index is 1220. The van der Waals surface area contributed by atoms with Crippen molar-refractivity contribution in [2.75, 3.05) is 18.2 Å². The number of hydrogen-bond donors (Lipinski definition) is 1. The van der Waals surface area contributed by atoms with Crippen LogP contribution in [0.3, 0.4) is 0 Å². The first kappa shape index (κ1) is 23.4. The number of esters is 1. The van der Waals surface area contributed by atoms with E-state index >= 15 is 0 Å². The number of rotatable bonds is 9. The number of sulfone groups is 1. The smallest absolute Gasteiger partial charge is 0.339 e. The summed E-state index contributed by atoms with van der Waals surface area (Å²) in [5.41, 5.74) is 1.02. The summed E-state index contributed by atoms with van der Waals surface area (Å²) in [6.07, 6.45) is 0.0498. The van der Waals surface area contributed by atoms with Crippen molar-refractivity contribution >= 4 is 38.7 Å². The number of aromatic nitrogens is 1. The fourth-order valence-corrected chi connectivity index (χ4v) is 4.72. The van der Waals surface area contributed by atoms with Crippen LogP contribution in [0.15, 0.2) is 58.8 Å².